The minimum absolute atomic E-state index is 0.00244. The first kappa shape index (κ1) is 19.3. The SMILES string of the molecule is NCC(NC(=O)CCc1ccc(S(=O)(=O)N2CCOCC2)cc1)C1CC1. The molecule has 0 aromatic heterocycles. The van der Waals surface area contributed by atoms with E-state index in [1.165, 1.54) is 4.31 Å². The van der Waals surface area contributed by atoms with Crippen molar-refractivity contribution in [1.29, 1.82) is 0 Å². The van der Waals surface area contributed by atoms with Gasteiger partial charge in [-0.25, -0.2) is 8.42 Å². The van der Waals surface area contributed by atoms with Gasteiger partial charge in [-0.1, -0.05) is 12.1 Å². The van der Waals surface area contributed by atoms with Crippen LogP contribution in [0.3, 0.4) is 0 Å². The molecule has 1 atom stereocenters. The molecule has 1 saturated carbocycles. The number of carbonyl (C=O) groups excluding carboxylic acids is 1. The minimum atomic E-state index is -3.47. The second-order valence-electron chi connectivity index (χ2n) is 6.91. The molecule has 1 aromatic carbocycles. The summed E-state index contributed by atoms with van der Waals surface area (Å²) in [7, 11) is -3.47. The third-order valence-corrected chi connectivity index (χ3v) is 6.88. The second-order valence-corrected chi connectivity index (χ2v) is 8.85. The summed E-state index contributed by atoms with van der Waals surface area (Å²) in [4.78, 5) is 12.4. The Morgan fingerprint density at radius 3 is 2.46 bits per heavy atom. The fourth-order valence-corrected chi connectivity index (χ4v) is 4.58. The molecule has 1 aliphatic carbocycles. The van der Waals surface area contributed by atoms with Crippen LogP contribution in [0.5, 0.6) is 0 Å². The van der Waals surface area contributed by atoms with Crippen LogP contribution in [0.25, 0.3) is 0 Å². The number of benzene rings is 1. The average molecular weight is 381 g/mol. The first-order valence-electron chi connectivity index (χ1n) is 9.17. The minimum Gasteiger partial charge on any atom is -0.379 e. The van der Waals surface area contributed by atoms with Crippen LogP contribution >= 0.6 is 0 Å². The Bertz CT molecular complexity index is 710. The highest BCUT2D eigenvalue weighted by Gasteiger charge is 2.31. The van der Waals surface area contributed by atoms with Gasteiger partial charge in [0.15, 0.2) is 0 Å². The average Bonchev–Trinajstić information content (AvgIpc) is 3.50. The molecule has 1 aliphatic heterocycles. The molecule has 1 aromatic rings. The van der Waals surface area contributed by atoms with Crippen LogP contribution in [-0.2, 0) is 26.0 Å². The molecular formula is C18H27N3O4S. The van der Waals surface area contributed by atoms with Crippen molar-refractivity contribution in [2.45, 2.75) is 36.6 Å². The van der Waals surface area contributed by atoms with Gasteiger partial charge in [0.1, 0.15) is 0 Å². The molecule has 2 aliphatic rings. The number of hydrogen-bond donors (Lipinski definition) is 2. The van der Waals surface area contributed by atoms with Crippen molar-refractivity contribution in [1.82, 2.24) is 9.62 Å². The highest BCUT2D eigenvalue weighted by atomic mass is 32.2. The molecule has 3 N–H and O–H groups in total. The summed E-state index contributed by atoms with van der Waals surface area (Å²) in [6, 6.07) is 6.88. The molecule has 1 saturated heterocycles. The summed E-state index contributed by atoms with van der Waals surface area (Å²) in [5.74, 6) is 0.533. The Morgan fingerprint density at radius 2 is 1.88 bits per heavy atom. The maximum absolute atomic E-state index is 12.6. The van der Waals surface area contributed by atoms with Crippen molar-refractivity contribution in [3.05, 3.63) is 29.8 Å². The summed E-state index contributed by atoms with van der Waals surface area (Å²) in [6.07, 6.45) is 3.23. The van der Waals surface area contributed by atoms with Crippen LogP contribution in [0.2, 0.25) is 0 Å². The Morgan fingerprint density at radius 1 is 1.23 bits per heavy atom. The predicted octanol–water partition coefficient (Wildman–Crippen LogP) is 0.494. The molecular weight excluding hydrogens is 354 g/mol. The predicted molar refractivity (Wildman–Crippen MR) is 98.0 cm³/mol. The summed E-state index contributed by atoms with van der Waals surface area (Å²) in [6.45, 7) is 2.10. The maximum Gasteiger partial charge on any atom is 0.243 e. The molecule has 7 nitrogen and oxygen atoms in total. The number of nitrogens with zero attached hydrogens (tertiary/aromatic N) is 1. The lowest BCUT2D eigenvalue weighted by Gasteiger charge is -2.26. The van der Waals surface area contributed by atoms with Gasteiger partial charge >= 0.3 is 0 Å². The molecule has 1 unspecified atom stereocenters. The fourth-order valence-electron chi connectivity index (χ4n) is 3.17. The third kappa shape index (κ3) is 4.82. The monoisotopic (exact) mass is 381 g/mol. The number of morpholine rings is 1. The fraction of sp³-hybridized carbons (Fsp3) is 0.611. The van der Waals surface area contributed by atoms with E-state index in [4.69, 9.17) is 10.5 Å². The number of ether oxygens (including phenoxy) is 1. The van der Waals surface area contributed by atoms with Crippen LogP contribution in [0.4, 0.5) is 0 Å². The number of carbonyl (C=O) groups is 1. The van der Waals surface area contributed by atoms with E-state index in [1.807, 2.05) is 0 Å². The van der Waals surface area contributed by atoms with E-state index in [0.29, 0.717) is 51.6 Å². The molecule has 2 fully saturated rings. The molecule has 3 rings (SSSR count). The van der Waals surface area contributed by atoms with Gasteiger partial charge in [0.2, 0.25) is 15.9 Å². The first-order valence-corrected chi connectivity index (χ1v) is 10.6. The lowest BCUT2D eigenvalue weighted by molar-refractivity contribution is -0.121. The van der Waals surface area contributed by atoms with Crippen molar-refractivity contribution in [3.8, 4) is 0 Å². The zero-order valence-corrected chi connectivity index (χ0v) is 15.7. The van der Waals surface area contributed by atoms with E-state index in [2.05, 4.69) is 5.32 Å². The molecule has 0 spiro atoms. The van der Waals surface area contributed by atoms with Gasteiger partial charge in [-0.2, -0.15) is 4.31 Å². The van der Waals surface area contributed by atoms with E-state index >= 15 is 0 Å². The summed E-state index contributed by atoms with van der Waals surface area (Å²) >= 11 is 0. The maximum atomic E-state index is 12.6. The number of rotatable bonds is 8. The first-order chi connectivity index (χ1) is 12.5. The lowest BCUT2D eigenvalue weighted by atomic mass is 10.1. The normalized spacial score (nSPS) is 19.9. The number of amides is 1. The zero-order valence-electron chi connectivity index (χ0n) is 14.9. The summed E-state index contributed by atoms with van der Waals surface area (Å²) < 4.78 is 31.8. The lowest BCUT2D eigenvalue weighted by Crippen LogP contribution is -2.41. The van der Waals surface area contributed by atoms with E-state index in [0.717, 1.165) is 18.4 Å². The molecule has 1 amide bonds. The van der Waals surface area contributed by atoms with Crippen molar-refractivity contribution < 1.29 is 17.9 Å². The Kier molecular flexibility index (Phi) is 6.29. The van der Waals surface area contributed by atoms with Gasteiger partial charge in [0, 0.05) is 32.1 Å². The molecule has 144 valence electrons. The van der Waals surface area contributed by atoms with Crippen molar-refractivity contribution in [2.24, 2.45) is 11.7 Å². The molecule has 0 bridgehead atoms. The number of sulfonamides is 1. The van der Waals surface area contributed by atoms with Gasteiger partial charge in [-0.05, 0) is 42.9 Å². The van der Waals surface area contributed by atoms with E-state index < -0.39 is 10.0 Å². The smallest absolute Gasteiger partial charge is 0.243 e. The molecule has 0 radical (unpaired) electrons. The second kappa shape index (κ2) is 8.47. The molecule has 1 heterocycles. The molecule has 8 heteroatoms. The summed E-state index contributed by atoms with van der Waals surface area (Å²) in [5.41, 5.74) is 6.65. The quantitative estimate of drug-likeness (QED) is 0.683. The number of nitrogens with one attached hydrogen (secondary N) is 1. The number of hydrogen-bond acceptors (Lipinski definition) is 5. The standard InChI is InChI=1S/C18H27N3O4S/c19-13-17(15-4-5-15)20-18(22)8-3-14-1-6-16(7-2-14)26(23,24)21-9-11-25-12-10-21/h1-2,6-7,15,17H,3-5,8-13,19H2,(H,20,22). The number of nitrogens with two attached hydrogens (primary N) is 1. The van der Waals surface area contributed by atoms with Crippen LogP contribution in [0.15, 0.2) is 29.2 Å². The van der Waals surface area contributed by atoms with E-state index in [1.54, 1.807) is 24.3 Å². The van der Waals surface area contributed by atoms with Gasteiger partial charge in [0.05, 0.1) is 18.1 Å². The largest absolute Gasteiger partial charge is 0.379 e. The Balaban J connectivity index is 1.53. The Labute approximate surface area is 154 Å². The van der Waals surface area contributed by atoms with Crippen LogP contribution in [-0.4, -0.2) is 57.5 Å². The zero-order chi connectivity index (χ0) is 18.6. The van der Waals surface area contributed by atoms with Gasteiger partial charge in [0.25, 0.3) is 0 Å². The highest BCUT2D eigenvalue weighted by Crippen LogP contribution is 2.32. The Hall–Kier alpha value is -1.48. The topological polar surface area (TPSA) is 102 Å². The van der Waals surface area contributed by atoms with Crippen LogP contribution in [0, 0.1) is 5.92 Å². The highest BCUT2D eigenvalue weighted by molar-refractivity contribution is 7.89. The van der Waals surface area contributed by atoms with Gasteiger partial charge < -0.3 is 15.8 Å². The van der Waals surface area contributed by atoms with Crippen molar-refractivity contribution >= 4 is 15.9 Å². The number of aryl methyl sites for hydroxylation is 1. The van der Waals surface area contributed by atoms with E-state index in [-0.39, 0.29) is 16.8 Å². The van der Waals surface area contributed by atoms with Gasteiger partial charge in [-0.3, -0.25) is 4.79 Å². The van der Waals surface area contributed by atoms with Crippen molar-refractivity contribution in [2.75, 3.05) is 32.8 Å². The molecule has 26 heavy (non-hydrogen) atoms. The summed E-state index contributed by atoms with van der Waals surface area (Å²) in [5, 5.41) is 3.00. The third-order valence-electron chi connectivity index (χ3n) is 4.96. The van der Waals surface area contributed by atoms with Crippen LogP contribution in [0.1, 0.15) is 24.8 Å². The van der Waals surface area contributed by atoms with Gasteiger partial charge in [-0.15, -0.1) is 0 Å². The van der Waals surface area contributed by atoms with E-state index in [9.17, 15) is 13.2 Å². The van der Waals surface area contributed by atoms with Crippen molar-refractivity contribution in [3.63, 3.8) is 0 Å². The van der Waals surface area contributed by atoms with Crippen LogP contribution < -0.4 is 11.1 Å².